The number of pyridine rings is 1. The highest BCUT2D eigenvalue weighted by atomic mass is 16.6. The molecule has 0 saturated carbocycles. The van der Waals surface area contributed by atoms with E-state index in [1.54, 1.807) is 18.2 Å². The Balaban J connectivity index is 2.25. The minimum Gasteiger partial charge on any atom is -0.496 e. The highest BCUT2D eigenvalue weighted by molar-refractivity contribution is 5.97. The molecule has 0 atom stereocenters. The van der Waals surface area contributed by atoms with Crippen molar-refractivity contribution in [2.24, 2.45) is 0 Å². The van der Waals surface area contributed by atoms with Crippen molar-refractivity contribution in [3.63, 3.8) is 0 Å². The maximum atomic E-state index is 11.4. The summed E-state index contributed by atoms with van der Waals surface area (Å²) in [5.41, 5.74) is -2.28. The fourth-order valence-electron chi connectivity index (χ4n) is 2.68. The number of hydrogen-bond acceptors (Lipinski definition) is 9. The van der Waals surface area contributed by atoms with Crippen LogP contribution in [-0.4, -0.2) is 26.9 Å². The first-order valence-corrected chi connectivity index (χ1v) is 7.63. The number of benzene rings is 2. The molecule has 12 heteroatoms. The lowest BCUT2D eigenvalue weighted by Gasteiger charge is -2.12. The summed E-state index contributed by atoms with van der Waals surface area (Å²) >= 11 is 0. The number of nitrogens with one attached hydrogen (secondary N) is 1. The van der Waals surface area contributed by atoms with E-state index in [0.29, 0.717) is 28.8 Å². The fraction of sp³-hybridized carbons (Fsp3) is 0.0625. The maximum Gasteiger partial charge on any atom is 0.306 e. The lowest BCUT2D eigenvalue weighted by atomic mass is 10.1. The van der Waals surface area contributed by atoms with E-state index >= 15 is 0 Å². The van der Waals surface area contributed by atoms with Gasteiger partial charge in [-0.25, -0.2) is 0 Å². The van der Waals surface area contributed by atoms with E-state index in [4.69, 9.17) is 4.74 Å². The van der Waals surface area contributed by atoms with Crippen LogP contribution >= 0.6 is 0 Å². The number of ether oxygens (including phenoxy) is 1. The zero-order chi connectivity index (χ0) is 20.4. The van der Waals surface area contributed by atoms with E-state index < -0.39 is 37.5 Å². The Morgan fingerprint density at radius 3 is 2.14 bits per heavy atom. The van der Waals surface area contributed by atoms with Crippen LogP contribution in [0.1, 0.15) is 0 Å². The highest BCUT2D eigenvalue weighted by Crippen LogP contribution is 2.41. The molecule has 0 bridgehead atoms. The quantitative estimate of drug-likeness (QED) is 0.492. The minimum atomic E-state index is -0.936. The molecule has 0 spiro atoms. The Labute approximate surface area is 155 Å². The second kappa shape index (κ2) is 7.11. The number of nitro groups is 3. The van der Waals surface area contributed by atoms with E-state index in [1.807, 2.05) is 0 Å². The molecule has 12 nitrogen and oxygen atoms in total. The molecule has 3 rings (SSSR count). The van der Waals surface area contributed by atoms with Gasteiger partial charge in [-0.1, -0.05) is 0 Å². The van der Waals surface area contributed by atoms with Crippen molar-refractivity contribution in [3.05, 3.63) is 72.9 Å². The van der Waals surface area contributed by atoms with Crippen molar-refractivity contribution in [2.75, 3.05) is 12.4 Å². The number of rotatable bonds is 6. The first-order valence-electron chi connectivity index (χ1n) is 7.63. The van der Waals surface area contributed by atoms with Crippen LogP contribution in [0.4, 0.5) is 28.4 Å². The van der Waals surface area contributed by atoms with Gasteiger partial charge in [-0.2, -0.15) is 0 Å². The van der Waals surface area contributed by atoms with E-state index in [0.717, 1.165) is 0 Å². The summed E-state index contributed by atoms with van der Waals surface area (Å²) in [6, 6.07) is 7.73. The Bertz CT molecular complexity index is 1100. The van der Waals surface area contributed by atoms with Gasteiger partial charge in [-0.05, 0) is 24.3 Å². The smallest absolute Gasteiger partial charge is 0.306 e. The standard InChI is InChI=1S/C16H11N5O7/c1-28-14-5-4-11(15-10(14)3-2-6-17-15)18-16-12(20(24)25)7-9(19(22)23)8-13(16)21(26)27/h2-8,18H,1H3. The minimum absolute atomic E-state index is 0.233. The Kier molecular flexibility index (Phi) is 4.68. The van der Waals surface area contributed by atoms with Gasteiger partial charge < -0.3 is 10.1 Å². The van der Waals surface area contributed by atoms with Crippen molar-refractivity contribution >= 4 is 39.3 Å². The van der Waals surface area contributed by atoms with Crippen molar-refractivity contribution in [1.29, 1.82) is 0 Å². The normalized spacial score (nSPS) is 10.5. The molecule has 1 N–H and O–H groups in total. The molecule has 0 radical (unpaired) electrons. The molecule has 0 aliphatic carbocycles. The van der Waals surface area contributed by atoms with Gasteiger partial charge in [0.05, 0.1) is 45.2 Å². The van der Waals surface area contributed by atoms with Crippen LogP contribution in [0, 0.1) is 30.3 Å². The van der Waals surface area contributed by atoms with Crippen molar-refractivity contribution < 1.29 is 19.5 Å². The number of nitro benzene ring substituents is 3. The van der Waals surface area contributed by atoms with Crippen LogP contribution in [0.25, 0.3) is 10.9 Å². The van der Waals surface area contributed by atoms with Gasteiger partial charge in [0.25, 0.3) is 5.69 Å². The summed E-state index contributed by atoms with van der Waals surface area (Å²) in [4.78, 5) is 35.2. The average Bonchev–Trinajstić information content (AvgIpc) is 2.67. The topological polar surface area (TPSA) is 164 Å². The summed E-state index contributed by atoms with van der Waals surface area (Å²) in [6.07, 6.45) is 1.48. The number of fused-ring (bicyclic) bond motifs is 1. The van der Waals surface area contributed by atoms with Gasteiger partial charge in [-0.3, -0.25) is 35.3 Å². The molecule has 142 valence electrons. The van der Waals surface area contributed by atoms with Crippen molar-refractivity contribution in [3.8, 4) is 5.75 Å². The van der Waals surface area contributed by atoms with Crippen LogP contribution in [-0.2, 0) is 0 Å². The largest absolute Gasteiger partial charge is 0.496 e. The van der Waals surface area contributed by atoms with Crippen LogP contribution in [0.3, 0.4) is 0 Å². The number of nitrogens with zero attached hydrogens (tertiary/aromatic N) is 4. The first-order chi connectivity index (χ1) is 13.3. The van der Waals surface area contributed by atoms with Crippen LogP contribution < -0.4 is 10.1 Å². The van der Waals surface area contributed by atoms with Crippen molar-refractivity contribution in [2.45, 2.75) is 0 Å². The molecule has 0 amide bonds. The third-order valence-electron chi connectivity index (χ3n) is 3.89. The molecule has 3 aromatic rings. The van der Waals surface area contributed by atoms with E-state index in [-0.39, 0.29) is 5.69 Å². The predicted octanol–water partition coefficient (Wildman–Crippen LogP) is 3.71. The van der Waals surface area contributed by atoms with Gasteiger partial charge >= 0.3 is 11.4 Å². The van der Waals surface area contributed by atoms with Gasteiger partial charge in [0.2, 0.25) is 0 Å². The van der Waals surface area contributed by atoms with E-state index in [1.165, 1.54) is 19.4 Å². The number of anilines is 2. The summed E-state index contributed by atoms with van der Waals surface area (Å²) in [5.74, 6) is 0.487. The monoisotopic (exact) mass is 385 g/mol. The molecule has 1 heterocycles. The van der Waals surface area contributed by atoms with Gasteiger partial charge in [0, 0.05) is 11.6 Å². The molecule has 1 aromatic heterocycles. The second-order valence-electron chi connectivity index (χ2n) is 5.47. The number of aromatic nitrogens is 1. The highest BCUT2D eigenvalue weighted by Gasteiger charge is 2.31. The molecular weight excluding hydrogens is 374 g/mol. The van der Waals surface area contributed by atoms with Crippen LogP contribution in [0.15, 0.2) is 42.6 Å². The molecule has 0 aliphatic heterocycles. The zero-order valence-electron chi connectivity index (χ0n) is 14.2. The lowest BCUT2D eigenvalue weighted by molar-refractivity contribution is -0.401. The SMILES string of the molecule is COc1ccc(Nc2c([N+](=O)[O-])cc([N+](=O)[O-])cc2[N+](=O)[O-])c2ncccc12. The Hall–Kier alpha value is -4.35. The molecule has 2 aromatic carbocycles. The molecule has 0 unspecified atom stereocenters. The Morgan fingerprint density at radius 1 is 0.964 bits per heavy atom. The molecular formula is C16H11N5O7. The first kappa shape index (κ1) is 18.4. The number of methoxy groups -OCH3 is 1. The molecule has 0 aliphatic rings. The summed E-state index contributed by atoms with van der Waals surface area (Å²) in [6.45, 7) is 0. The lowest BCUT2D eigenvalue weighted by Crippen LogP contribution is -2.04. The third kappa shape index (κ3) is 3.21. The van der Waals surface area contributed by atoms with Gasteiger partial charge in [-0.15, -0.1) is 0 Å². The van der Waals surface area contributed by atoms with Gasteiger partial charge in [0.15, 0.2) is 5.69 Å². The number of non-ortho nitro benzene ring substituents is 1. The number of hydrogen-bond donors (Lipinski definition) is 1. The van der Waals surface area contributed by atoms with Crippen molar-refractivity contribution in [1.82, 2.24) is 4.98 Å². The van der Waals surface area contributed by atoms with E-state index in [9.17, 15) is 30.3 Å². The fourth-order valence-corrected chi connectivity index (χ4v) is 2.68. The van der Waals surface area contributed by atoms with Crippen LogP contribution in [0.5, 0.6) is 5.75 Å². The van der Waals surface area contributed by atoms with E-state index in [2.05, 4.69) is 10.3 Å². The summed E-state index contributed by atoms with van der Waals surface area (Å²) in [5, 5.41) is 37.0. The maximum absolute atomic E-state index is 11.4. The summed E-state index contributed by atoms with van der Waals surface area (Å²) < 4.78 is 5.24. The third-order valence-corrected chi connectivity index (χ3v) is 3.89. The zero-order valence-corrected chi connectivity index (χ0v) is 14.2. The molecule has 0 fully saturated rings. The second-order valence-corrected chi connectivity index (χ2v) is 5.47. The average molecular weight is 385 g/mol. The predicted molar refractivity (Wildman–Crippen MR) is 98.0 cm³/mol. The molecule has 0 saturated heterocycles. The Morgan fingerprint density at radius 2 is 1.61 bits per heavy atom. The summed E-state index contributed by atoms with van der Waals surface area (Å²) in [7, 11) is 1.46. The molecule has 28 heavy (non-hydrogen) atoms. The van der Waals surface area contributed by atoms with Gasteiger partial charge in [0.1, 0.15) is 5.75 Å². The van der Waals surface area contributed by atoms with Crippen LogP contribution in [0.2, 0.25) is 0 Å².